The van der Waals surface area contributed by atoms with Crippen LogP contribution in [0.1, 0.15) is 43.1 Å². The van der Waals surface area contributed by atoms with Crippen LogP contribution in [0.4, 0.5) is 0 Å². The van der Waals surface area contributed by atoms with Gasteiger partial charge >= 0.3 is 0 Å². The zero-order chi connectivity index (χ0) is 14.8. The van der Waals surface area contributed by atoms with Crippen molar-refractivity contribution in [1.29, 1.82) is 0 Å². The molecule has 0 saturated heterocycles. The summed E-state index contributed by atoms with van der Waals surface area (Å²) in [6.45, 7) is 4.27. The number of thiophene rings is 1. The Balaban J connectivity index is 2.09. The lowest BCUT2D eigenvalue weighted by Crippen LogP contribution is -2.07. The Morgan fingerprint density at radius 2 is 2.19 bits per heavy atom. The van der Waals surface area contributed by atoms with Gasteiger partial charge in [0.05, 0.1) is 21.8 Å². The zero-order valence-corrected chi connectivity index (χ0v) is 12.9. The molecule has 0 spiro atoms. The first kappa shape index (κ1) is 13.9. The first-order chi connectivity index (χ1) is 10.3. The average molecular weight is 299 g/mol. The molecule has 0 aliphatic rings. The van der Waals surface area contributed by atoms with Gasteiger partial charge in [0.2, 0.25) is 0 Å². The number of fused-ring (bicyclic) bond motifs is 1. The van der Waals surface area contributed by atoms with Gasteiger partial charge in [0.25, 0.3) is 0 Å². The lowest BCUT2D eigenvalue weighted by atomic mass is 10.1. The second-order valence-corrected chi connectivity index (χ2v) is 5.98. The molecule has 3 rings (SSSR count). The maximum atomic E-state index is 11.4. The third kappa shape index (κ3) is 2.49. The van der Waals surface area contributed by atoms with E-state index in [9.17, 15) is 4.79 Å². The summed E-state index contributed by atoms with van der Waals surface area (Å²) in [5.41, 5.74) is 3.23. The van der Waals surface area contributed by atoms with Gasteiger partial charge in [-0.3, -0.25) is 14.5 Å². The fourth-order valence-corrected chi connectivity index (χ4v) is 3.32. The molecule has 4 nitrogen and oxygen atoms in total. The van der Waals surface area contributed by atoms with Crippen molar-refractivity contribution in [3.8, 4) is 11.3 Å². The van der Waals surface area contributed by atoms with E-state index in [0.717, 1.165) is 40.6 Å². The predicted octanol–water partition coefficient (Wildman–Crippen LogP) is 4.33. The molecule has 0 aromatic carbocycles. The Kier molecular flexibility index (Phi) is 3.84. The van der Waals surface area contributed by atoms with Crippen LogP contribution in [0.15, 0.2) is 29.9 Å². The van der Waals surface area contributed by atoms with Gasteiger partial charge in [-0.1, -0.05) is 13.8 Å². The molecule has 0 atom stereocenters. The average Bonchev–Trinajstić information content (AvgIpc) is 3.14. The van der Waals surface area contributed by atoms with Crippen LogP contribution in [0.25, 0.3) is 21.5 Å². The molecular formula is C16H17N3OS. The fourth-order valence-electron chi connectivity index (χ4n) is 2.54. The number of carbonyl (C=O) groups excluding carboxylic acids is 1. The van der Waals surface area contributed by atoms with Crippen LogP contribution in [0.5, 0.6) is 0 Å². The van der Waals surface area contributed by atoms with E-state index in [-0.39, 0.29) is 0 Å². The lowest BCUT2D eigenvalue weighted by Gasteiger charge is -2.12. The van der Waals surface area contributed by atoms with Crippen molar-refractivity contribution in [2.75, 3.05) is 0 Å². The molecular weight excluding hydrogens is 282 g/mol. The Bertz CT molecular complexity index is 771. The van der Waals surface area contributed by atoms with Crippen LogP contribution in [-0.2, 0) is 0 Å². The van der Waals surface area contributed by atoms with Crippen LogP contribution in [0.3, 0.4) is 0 Å². The number of hydrogen-bond acceptors (Lipinski definition) is 4. The SMILES string of the molecule is CCC(CC)n1cc(C=O)c(-c2cnc3ccsc3c2)n1. The summed E-state index contributed by atoms with van der Waals surface area (Å²) in [6, 6.07) is 4.38. The molecule has 5 heteroatoms. The van der Waals surface area contributed by atoms with E-state index in [0.29, 0.717) is 11.6 Å². The monoisotopic (exact) mass is 299 g/mol. The second kappa shape index (κ2) is 5.77. The molecule has 108 valence electrons. The second-order valence-electron chi connectivity index (χ2n) is 5.03. The van der Waals surface area contributed by atoms with Crippen LogP contribution in [0.2, 0.25) is 0 Å². The Labute approximate surface area is 127 Å². The van der Waals surface area contributed by atoms with Gasteiger partial charge in [0.15, 0.2) is 6.29 Å². The van der Waals surface area contributed by atoms with E-state index in [4.69, 9.17) is 0 Å². The van der Waals surface area contributed by atoms with Crippen LogP contribution >= 0.6 is 11.3 Å². The summed E-state index contributed by atoms with van der Waals surface area (Å²) in [5.74, 6) is 0. The summed E-state index contributed by atoms with van der Waals surface area (Å²) < 4.78 is 3.03. The van der Waals surface area contributed by atoms with Gasteiger partial charge < -0.3 is 0 Å². The Morgan fingerprint density at radius 1 is 1.38 bits per heavy atom. The van der Waals surface area contributed by atoms with Gasteiger partial charge in [-0.2, -0.15) is 5.10 Å². The van der Waals surface area contributed by atoms with Gasteiger partial charge in [-0.05, 0) is 30.4 Å². The van der Waals surface area contributed by atoms with Gasteiger partial charge in [-0.15, -0.1) is 11.3 Å². The van der Waals surface area contributed by atoms with E-state index in [2.05, 4.69) is 30.0 Å². The molecule has 0 radical (unpaired) electrons. The van der Waals surface area contributed by atoms with Crippen molar-refractivity contribution < 1.29 is 4.79 Å². The number of rotatable bonds is 5. The smallest absolute Gasteiger partial charge is 0.153 e. The fraction of sp³-hybridized carbons (Fsp3) is 0.312. The summed E-state index contributed by atoms with van der Waals surface area (Å²) in [5, 5.41) is 6.65. The lowest BCUT2D eigenvalue weighted by molar-refractivity contribution is 0.112. The summed E-state index contributed by atoms with van der Waals surface area (Å²) in [4.78, 5) is 15.8. The van der Waals surface area contributed by atoms with Crippen molar-refractivity contribution in [3.05, 3.63) is 35.5 Å². The topological polar surface area (TPSA) is 47.8 Å². The van der Waals surface area contributed by atoms with Gasteiger partial charge in [0, 0.05) is 18.0 Å². The highest BCUT2D eigenvalue weighted by molar-refractivity contribution is 7.17. The van der Waals surface area contributed by atoms with Crippen molar-refractivity contribution in [2.24, 2.45) is 0 Å². The summed E-state index contributed by atoms with van der Waals surface area (Å²) in [6.07, 6.45) is 6.51. The molecule has 0 amide bonds. The molecule has 0 saturated carbocycles. The number of hydrogen-bond donors (Lipinski definition) is 0. The van der Waals surface area contributed by atoms with E-state index < -0.39 is 0 Å². The highest BCUT2D eigenvalue weighted by Gasteiger charge is 2.15. The van der Waals surface area contributed by atoms with Crippen molar-refractivity contribution >= 4 is 27.8 Å². The van der Waals surface area contributed by atoms with Crippen LogP contribution in [-0.4, -0.2) is 21.1 Å². The van der Waals surface area contributed by atoms with Crippen molar-refractivity contribution in [3.63, 3.8) is 0 Å². The normalized spacial score (nSPS) is 11.4. The van der Waals surface area contributed by atoms with E-state index in [1.54, 1.807) is 17.5 Å². The maximum Gasteiger partial charge on any atom is 0.153 e. The molecule has 0 aliphatic heterocycles. The minimum Gasteiger partial charge on any atom is -0.298 e. The van der Waals surface area contributed by atoms with Crippen molar-refractivity contribution in [1.82, 2.24) is 14.8 Å². The molecule has 0 aliphatic carbocycles. The molecule has 3 heterocycles. The highest BCUT2D eigenvalue weighted by Crippen LogP contribution is 2.28. The summed E-state index contributed by atoms with van der Waals surface area (Å²) in [7, 11) is 0. The Hall–Kier alpha value is -2.01. The molecule has 21 heavy (non-hydrogen) atoms. The number of pyridine rings is 1. The third-order valence-electron chi connectivity index (χ3n) is 3.78. The molecule has 0 N–H and O–H groups in total. The van der Waals surface area contributed by atoms with Crippen LogP contribution < -0.4 is 0 Å². The van der Waals surface area contributed by atoms with E-state index in [1.807, 2.05) is 22.3 Å². The Morgan fingerprint density at radius 3 is 2.90 bits per heavy atom. The molecule has 3 aromatic heterocycles. The molecule has 3 aromatic rings. The summed E-state index contributed by atoms with van der Waals surface area (Å²) >= 11 is 1.65. The largest absolute Gasteiger partial charge is 0.298 e. The number of nitrogens with zero attached hydrogens (tertiary/aromatic N) is 3. The van der Waals surface area contributed by atoms with Crippen molar-refractivity contribution in [2.45, 2.75) is 32.7 Å². The molecule has 0 fully saturated rings. The van der Waals surface area contributed by atoms with E-state index >= 15 is 0 Å². The number of aromatic nitrogens is 3. The quantitative estimate of drug-likeness (QED) is 0.659. The minimum atomic E-state index is 0.330. The van der Waals surface area contributed by atoms with E-state index in [1.165, 1.54) is 0 Å². The minimum absolute atomic E-state index is 0.330. The molecule has 0 bridgehead atoms. The predicted molar refractivity (Wildman–Crippen MR) is 85.8 cm³/mol. The highest BCUT2D eigenvalue weighted by atomic mass is 32.1. The molecule has 0 unspecified atom stereocenters. The maximum absolute atomic E-state index is 11.4. The number of carbonyl (C=O) groups is 1. The first-order valence-corrected chi connectivity index (χ1v) is 8.02. The number of aldehydes is 1. The standard InChI is InChI=1S/C16H17N3OS/c1-3-13(4-2)19-9-12(10-20)16(18-19)11-7-15-14(17-8-11)5-6-21-15/h5-10,13H,3-4H2,1-2H3. The van der Waals surface area contributed by atoms with Crippen LogP contribution in [0, 0.1) is 0 Å². The van der Waals surface area contributed by atoms with Gasteiger partial charge in [-0.25, -0.2) is 0 Å². The van der Waals surface area contributed by atoms with Gasteiger partial charge in [0.1, 0.15) is 5.69 Å². The first-order valence-electron chi connectivity index (χ1n) is 7.14. The zero-order valence-electron chi connectivity index (χ0n) is 12.1. The third-order valence-corrected chi connectivity index (χ3v) is 4.63.